The van der Waals surface area contributed by atoms with Crippen molar-refractivity contribution in [3.8, 4) is 5.75 Å². The highest BCUT2D eigenvalue weighted by molar-refractivity contribution is 8.14. The van der Waals surface area contributed by atoms with E-state index in [1.807, 2.05) is 31.4 Å². The van der Waals surface area contributed by atoms with Crippen LogP contribution in [0.25, 0.3) is 6.08 Å². The fourth-order valence-electron chi connectivity index (χ4n) is 2.67. The van der Waals surface area contributed by atoms with E-state index in [1.165, 1.54) is 35.1 Å². The second-order valence-electron chi connectivity index (χ2n) is 6.56. The van der Waals surface area contributed by atoms with E-state index in [2.05, 4.69) is 10.3 Å². The molecule has 30 heavy (non-hydrogen) atoms. The van der Waals surface area contributed by atoms with E-state index in [1.54, 1.807) is 24.3 Å². The van der Waals surface area contributed by atoms with E-state index in [-0.39, 0.29) is 23.6 Å². The van der Waals surface area contributed by atoms with Gasteiger partial charge >= 0.3 is 0 Å². The number of benzene rings is 1. The zero-order chi connectivity index (χ0) is 21.7. The lowest BCUT2D eigenvalue weighted by Gasteiger charge is -2.19. The molecule has 1 aromatic heterocycles. The number of nitrogens with zero attached hydrogens (tertiary/aromatic N) is 2. The molecule has 0 fully saturated rings. The number of amides is 2. The van der Waals surface area contributed by atoms with Crippen molar-refractivity contribution in [3.63, 3.8) is 0 Å². The lowest BCUT2D eigenvalue weighted by Crippen LogP contribution is -2.35. The molecular formula is C21H22ClN3O3S2. The van der Waals surface area contributed by atoms with Crippen molar-refractivity contribution in [1.29, 1.82) is 0 Å². The number of amidine groups is 1. The first-order chi connectivity index (χ1) is 14.4. The molecule has 1 aliphatic rings. The Labute approximate surface area is 189 Å². The molecule has 3 rings (SSSR count). The van der Waals surface area contributed by atoms with Crippen LogP contribution in [-0.2, 0) is 9.59 Å². The van der Waals surface area contributed by atoms with Crippen LogP contribution in [0, 0.1) is 0 Å². The molecule has 2 amide bonds. The summed E-state index contributed by atoms with van der Waals surface area (Å²) in [7, 11) is 1.53. The Morgan fingerprint density at radius 3 is 2.87 bits per heavy atom. The van der Waals surface area contributed by atoms with Crippen LogP contribution in [0.15, 0.2) is 46.4 Å². The summed E-state index contributed by atoms with van der Waals surface area (Å²) in [4.78, 5) is 32.3. The van der Waals surface area contributed by atoms with Crippen molar-refractivity contribution >= 4 is 63.4 Å². The van der Waals surface area contributed by atoms with Gasteiger partial charge in [0.1, 0.15) is 11.4 Å². The van der Waals surface area contributed by atoms with Gasteiger partial charge in [-0.05, 0) is 49.1 Å². The number of hydrogen-bond acceptors (Lipinski definition) is 6. The summed E-state index contributed by atoms with van der Waals surface area (Å²) in [6.07, 6.45) is 2.60. The minimum atomic E-state index is -0.269. The van der Waals surface area contributed by atoms with Gasteiger partial charge < -0.3 is 10.1 Å². The third-order valence-electron chi connectivity index (χ3n) is 4.40. The van der Waals surface area contributed by atoms with Crippen molar-refractivity contribution in [2.45, 2.75) is 26.3 Å². The van der Waals surface area contributed by atoms with Gasteiger partial charge in [0, 0.05) is 10.9 Å². The number of aliphatic imine (C=N–C) groups is 1. The molecule has 158 valence electrons. The van der Waals surface area contributed by atoms with E-state index < -0.39 is 0 Å². The summed E-state index contributed by atoms with van der Waals surface area (Å²) in [6.45, 7) is 3.96. The second-order valence-corrected chi connectivity index (χ2v) is 8.89. The molecule has 0 aliphatic carbocycles. The van der Waals surface area contributed by atoms with Gasteiger partial charge in [-0.1, -0.05) is 36.4 Å². The standard InChI is InChI=1S/C21H22ClN3O3S2/c1-4-13(2)23-19(26)12-30-21-24-17(11-15-6-5-9-29-15)20(27)25(21)14-7-8-18(28-3)16(22)10-14/h5-11,13H,4,12H2,1-3H3,(H,23,26)/b17-11-/t13-/m0/s1. The largest absolute Gasteiger partial charge is 0.495 e. The van der Waals surface area contributed by atoms with E-state index >= 15 is 0 Å². The van der Waals surface area contributed by atoms with Crippen molar-refractivity contribution < 1.29 is 14.3 Å². The van der Waals surface area contributed by atoms with Crippen molar-refractivity contribution in [2.24, 2.45) is 4.99 Å². The first kappa shape index (κ1) is 22.4. The zero-order valence-corrected chi connectivity index (χ0v) is 19.2. The molecule has 1 N–H and O–H groups in total. The van der Waals surface area contributed by atoms with Gasteiger partial charge in [0.15, 0.2) is 5.17 Å². The van der Waals surface area contributed by atoms with E-state index in [9.17, 15) is 9.59 Å². The van der Waals surface area contributed by atoms with Gasteiger partial charge in [0.2, 0.25) is 5.91 Å². The summed E-state index contributed by atoms with van der Waals surface area (Å²) in [5.41, 5.74) is 0.878. The minimum Gasteiger partial charge on any atom is -0.495 e. The Kier molecular flexibility index (Phi) is 7.58. The monoisotopic (exact) mass is 463 g/mol. The fourth-order valence-corrected chi connectivity index (χ4v) is 4.40. The van der Waals surface area contributed by atoms with E-state index in [4.69, 9.17) is 16.3 Å². The van der Waals surface area contributed by atoms with Gasteiger partial charge in [-0.3, -0.25) is 14.5 Å². The van der Waals surface area contributed by atoms with Gasteiger partial charge in [0.25, 0.3) is 5.91 Å². The third-order valence-corrected chi connectivity index (χ3v) is 6.45. The van der Waals surface area contributed by atoms with Crippen LogP contribution in [0.2, 0.25) is 5.02 Å². The second kappa shape index (κ2) is 10.1. The molecule has 1 aliphatic heterocycles. The van der Waals surface area contributed by atoms with Crippen LogP contribution in [0.4, 0.5) is 5.69 Å². The molecule has 9 heteroatoms. The average molecular weight is 464 g/mol. The van der Waals surface area contributed by atoms with Crippen LogP contribution in [0.5, 0.6) is 5.75 Å². The predicted octanol–water partition coefficient (Wildman–Crippen LogP) is 4.80. The number of hydrogen-bond donors (Lipinski definition) is 1. The fraction of sp³-hybridized carbons (Fsp3) is 0.286. The minimum absolute atomic E-state index is 0.0935. The molecule has 1 aromatic carbocycles. The van der Waals surface area contributed by atoms with Gasteiger partial charge in [-0.25, -0.2) is 4.99 Å². The highest BCUT2D eigenvalue weighted by Crippen LogP contribution is 2.34. The number of nitrogens with one attached hydrogen (secondary N) is 1. The smallest absolute Gasteiger partial charge is 0.283 e. The Morgan fingerprint density at radius 2 is 2.23 bits per heavy atom. The Morgan fingerprint density at radius 1 is 1.43 bits per heavy atom. The van der Waals surface area contributed by atoms with Crippen LogP contribution in [0.3, 0.4) is 0 Å². The Hall–Kier alpha value is -2.29. The quantitative estimate of drug-likeness (QED) is 0.598. The molecule has 1 atom stereocenters. The number of ether oxygens (including phenoxy) is 1. The number of carbonyl (C=O) groups excluding carboxylic acids is 2. The third kappa shape index (κ3) is 5.24. The van der Waals surface area contributed by atoms with Gasteiger partial charge in [-0.2, -0.15) is 0 Å². The molecule has 0 saturated heterocycles. The van der Waals surface area contributed by atoms with Crippen LogP contribution >= 0.6 is 34.7 Å². The van der Waals surface area contributed by atoms with E-state index in [0.717, 1.165) is 11.3 Å². The summed E-state index contributed by atoms with van der Waals surface area (Å²) < 4.78 is 5.20. The van der Waals surface area contributed by atoms with Crippen LogP contribution < -0.4 is 15.0 Å². The highest BCUT2D eigenvalue weighted by atomic mass is 35.5. The molecular weight excluding hydrogens is 442 g/mol. The van der Waals surface area contributed by atoms with Crippen molar-refractivity contribution in [3.05, 3.63) is 51.3 Å². The maximum absolute atomic E-state index is 13.1. The lowest BCUT2D eigenvalue weighted by atomic mass is 10.2. The molecule has 0 unspecified atom stereocenters. The molecule has 0 spiro atoms. The first-order valence-corrected chi connectivity index (χ1v) is 11.6. The number of thioether (sulfide) groups is 1. The highest BCUT2D eigenvalue weighted by Gasteiger charge is 2.33. The normalized spacial score (nSPS) is 16.0. The molecule has 0 bridgehead atoms. The van der Waals surface area contributed by atoms with Crippen molar-refractivity contribution in [2.75, 3.05) is 17.8 Å². The van der Waals surface area contributed by atoms with Crippen LogP contribution in [-0.4, -0.2) is 35.9 Å². The maximum Gasteiger partial charge on any atom is 0.283 e. The molecule has 2 aromatic rings. The summed E-state index contributed by atoms with van der Waals surface area (Å²) in [5, 5.41) is 5.68. The SMILES string of the molecule is CC[C@H](C)NC(=O)CSC1=N/C(=C\c2cccs2)C(=O)N1c1ccc(OC)c(Cl)c1. The summed E-state index contributed by atoms with van der Waals surface area (Å²) >= 11 is 9.00. The topological polar surface area (TPSA) is 71.0 Å². The number of carbonyl (C=O) groups is 2. The molecule has 2 heterocycles. The number of rotatable bonds is 7. The number of halogens is 1. The maximum atomic E-state index is 13.1. The number of thiophene rings is 1. The first-order valence-electron chi connectivity index (χ1n) is 9.37. The Bertz CT molecular complexity index is 989. The average Bonchev–Trinajstić information content (AvgIpc) is 3.34. The van der Waals surface area contributed by atoms with Crippen molar-refractivity contribution in [1.82, 2.24) is 5.32 Å². The van der Waals surface area contributed by atoms with Crippen LogP contribution in [0.1, 0.15) is 25.1 Å². The molecule has 0 radical (unpaired) electrons. The van der Waals surface area contributed by atoms with Gasteiger partial charge in [-0.15, -0.1) is 11.3 Å². The summed E-state index contributed by atoms with van der Waals surface area (Å²) in [5.74, 6) is 0.297. The molecule has 0 saturated carbocycles. The summed E-state index contributed by atoms with van der Waals surface area (Å²) in [6, 6.07) is 9.02. The van der Waals surface area contributed by atoms with E-state index in [0.29, 0.717) is 27.3 Å². The lowest BCUT2D eigenvalue weighted by molar-refractivity contribution is -0.119. The van der Waals surface area contributed by atoms with Gasteiger partial charge in [0.05, 0.1) is 23.6 Å². The number of methoxy groups -OCH3 is 1. The Balaban J connectivity index is 1.88. The molecule has 6 nitrogen and oxygen atoms in total. The predicted molar refractivity (Wildman–Crippen MR) is 126 cm³/mol. The zero-order valence-electron chi connectivity index (χ0n) is 16.8. The number of anilines is 1.